The van der Waals surface area contributed by atoms with Crippen molar-refractivity contribution in [2.45, 2.75) is 44.8 Å². The van der Waals surface area contributed by atoms with Crippen LogP contribution in [0.5, 0.6) is 0 Å². The van der Waals surface area contributed by atoms with Gasteiger partial charge in [0.25, 0.3) is 0 Å². The monoisotopic (exact) mass is 389 g/mol. The van der Waals surface area contributed by atoms with Crippen LogP contribution in [0.25, 0.3) is 0 Å². The van der Waals surface area contributed by atoms with Crippen LogP contribution in [0.3, 0.4) is 0 Å². The molecule has 0 fully saturated rings. The van der Waals surface area contributed by atoms with Crippen molar-refractivity contribution in [1.29, 1.82) is 0 Å². The van der Waals surface area contributed by atoms with Crippen molar-refractivity contribution in [1.82, 2.24) is 16.0 Å². The van der Waals surface area contributed by atoms with E-state index in [1.807, 2.05) is 0 Å². The van der Waals surface area contributed by atoms with Gasteiger partial charge in [-0.3, -0.25) is 19.2 Å². The van der Waals surface area contributed by atoms with Gasteiger partial charge in [0.2, 0.25) is 23.6 Å². The average Bonchev–Trinajstić information content (AvgIpc) is 2.56. The van der Waals surface area contributed by atoms with Crippen LogP contribution in [0.15, 0.2) is 0 Å². The van der Waals surface area contributed by atoms with Gasteiger partial charge in [0.1, 0.15) is 18.1 Å². The van der Waals surface area contributed by atoms with Crippen LogP contribution in [0, 0.1) is 5.92 Å². The summed E-state index contributed by atoms with van der Waals surface area (Å²) in [7, 11) is 0. The van der Waals surface area contributed by atoms with Crippen molar-refractivity contribution in [3.8, 4) is 0 Å². The van der Waals surface area contributed by atoms with Crippen LogP contribution in [0.2, 0.25) is 0 Å². The van der Waals surface area contributed by atoms with E-state index in [2.05, 4.69) is 16.0 Å². The van der Waals surface area contributed by atoms with Gasteiger partial charge in [-0.15, -0.1) is 0 Å². The highest BCUT2D eigenvalue weighted by Gasteiger charge is 2.28. The number of rotatable bonds is 12. The number of carboxylic acid groups (broad SMARTS) is 1. The molecule has 154 valence electrons. The van der Waals surface area contributed by atoms with E-state index in [-0.39, 0.29) is 12.3 Å². The molecule has 0 saturated heterocycles. The lowest BCUT2D eigenvalue weighted by Crippen LogP contribution is -2.54. The topological polar surface area (TPSA) is 214 Å². The van der Waals surface area contributed by atoms with Crippen molar-refractivity contribution in [3.05, 3.63) is 0 Å². The molecule has 0 rings (SSSR count). The number of aliphatic hydroxyl groups excluding tert-OH is 1. The van der Waals surface area contributed by atoms with Crippen LogP contribution in [0.1, 0.15) is 26.7 Å². The Kier molecular flexibility index (Phi) is 10.6. The molecule has 12 heteroatoms. The first-order valence-corrected chi connectivity index (χ1v) is 8.22. The number of aliphatic carboxylic acids is 1. The van der Waals surface area contributed by atoms with Gasteiger partial charge in [0, 0.05) is 0 Å². The Labute approximate surface area is 156 Å². The highest BCUT2D eigenvalue weighted by Crippen LogP contribution is 2.06. The molecule has 0 aliphatic heterocycles. The van der Waals surface area contributed by atoms with Crippen LogP contribution in [-0.4, -0.2) is 71.1 Å². The van der Waals surface area contributed by atoms with Crippen molar-refractivity contribution >= 4 is 29.6 Å². The molecular formula is C15H27N5O7. The summed E-state index contributed by atoms with van der Waals surface area (Å²) in [6.45, 7) is 2.49. The quantitative estimate of drug-likeness (QED) is 0.176. The van der Waals surface area contributed by atoms with Gasteiger partial charge in [-0.05, 0) is 12.3 Å². The number of nitrogens with one attached hydrogen (secondary N) is 3. The molecule has 27 heavy (non-hydrogen) atoms. The minimum absolute atomic E-state index is 0.0297. The summed E-state index contributed by atoms with van der Waals surface area (Å²) in [5.74, 6) is -4.64. The van der Waals surface area contributed by atoms with E-state index in [0.29, 0.717) is 0 Å². The zero-order valence-corrected chi connectivity index (χ0v) is 15.2. The molecule has 0 radical (unpaired) electrons. The lowest BCUT2D eigenvalue weighted by molar-refractivity contribution is -0.143. The third-order valence-corrected chi connectivity index (χ3v) is 3.34. The Bertz CT molecular complexity index is 567. The zero-order chi connectivity index (χ0) is 21.1. The maximum atomic E-state index is 12.3. The second kappa shape index (κ2) is 11.8. The van der Waals surface area contributed by atoms with Crippen molar-refractivity contribution in [2.24, 2.45) is 17.4 Å². The molecule has 3 atom stereocenters. The summed E-state index contributed by atoms with van der Waals surface area (Å²) in [6.07, 6.45) is -0.414. The third-order valence-electron chi connectivity index (χ3n) is 3.34. The van der Waals surface area contributed by atoms with Crippen LogP contribution in [0.4, 0.5) is 0 Å². The number of aliphatic hydroxyl groups is 1. The minimum Gasteiger partial charge on any atom is -0.480 e. The Morgan fingerprint density at radius 2 is 1.59 bits per heavy atom. The molecule has 0 aromatic rings. The SMILES string of the molecule is CC(C)CC(NC(=O)CNC(=O)C(N)CO)C(=O)NC(CC(N)=O)C(=O)O. The number of hydrogen-bond donors (Lipinski definition) is 7. The predicted octanol–water partition coefficient (Wildman–Crippen LogP) is -3.60. The zero-order valence-electron chi connectivity index (χ0n) is 15.2. The number of hydrogen-bond acceptors (Lipinski definition) is 7. The van der Waals surface area contributed by atoms with E-state index < -0.39 is 67.3 Å². The summed E-state index contributed by atoms with van der Waals surface area (Å²) in [6, 6.07) is -3.79. The molecule has 0 spiro atoms. The molecule has 0 aliphatic rings. The molecule has 0 aromatic carbocycles. The van der Waals surface area contributed by atoms with Gasteiger partial charge < -0.3 is 37.6 Å². The molecule has 4 amide bonds. The molecule has 0 heterocycles. The number of primary amides is 1. The summed E-state index contributed by atoms with van der Waals surface area (Å²) in [5.41, 5.74) is 10.2. The Morgan fingerprint density at radius 1 is 1.00 bits per heavy atom. The van der Waals surface area contributed by atoms with E-state index >= 15 is 0 Å². The first-order chi connectivity index (χ1) is 12.5. The summed E-state index contributed by atoms with van der Waals surface area (Å²) in [5, 5.41) is 24.5. The number of carboxylic acids is 1. The second-order valence-corrected chi connectivity index (χ2v) is 6.33. The van der Waals surface area contributed by atoms with Crippen molar-refractivity contribution in [3.63, 3.8) is 0 Å². The first kappa shape index (κ1) is 24.3. The lowest BCUT2D eigenvalue weighted by Gasteiger charge is -2.22. The van der Waals surface area contributed by atoms with Crippen molar-refractivity contribution in [2.75, 3.05) is 13.2 Å². The van der Waals surface area contributed by atoms with E-state index in [4.69, 9.17) is 21.7 Å². The van der Waals surface area contributed by atoms with Gasteiger partial charge in [-0.1, -0.05) is 13.8 Å². The highest BCUT2D eigenvalue weighted by atomic mass is 16.4. The van der Waals surface area contributed by atoms with Gasteiger partial charge in [-0.25, -0.2) is 4.79 Å². The Morgan fingerprint density at radius 3 is 2.04 bits per heavy atom. The van der Waals surface area contributed by atoms with Gasteiger partial charge in [-0.2, -0.15) is 0 Å². The van der Waals surface area contributed by atoms with E-state index in [0.717, 1.165) is 0 Å². The standard InChI is InChI=1S/C15H27N5O7/c1-7(2)3-9(14(25)20-10(15(26)27)4-11(17)22)19-12(23)5-18-13(24)8(16)6-21/h7-10,21H,3-6,16H2,1-2H3,(H2,17,22)(H,18,24)(H,19,23)(H,20,25)(H,26,27). The molecule has 12 nitrogen and oxygen atoms in total. The molecule has 0 saturated carbocycles. The van der Waals surface area contributed by atoms with Gasteiger partial charge >= 0.3 is 5.97 Å². The number of nitrogens with two attached hydrogens (primary N) is 2. The Hall–Kier alpha value is -2.73. The molecule has 0 aliphatic carbocycles. The first-order valence-electron chi connectivity index (χ1n) is 8.22. The van der Waals surface area contributed by atoms with Crippen LogP contribution < -0.4 is 27.4 Å². The number of carbonyl (C=O) groups excluding carboxylic acids is 4. The normalized spacial score (nSPS) is 14.0. The van der Waals surface area contributed by atoms with Gasteiger partial charge in [0.15, 0.2) is 0 Å². The minimum atomic E-state index is -1.52. The molecule has 0 aromatic heterocycles. The number of amides is 4. The third kappa shape index (κ3) is 10.1. The smallest absolute Gasteiger partial charge is 0.326 e. The fourth-order valence-corrected chi connectivity index (χ4v) is 2.00. The maximum absolute atomic E-state index is 12.3. The van der Waals surface area contributed by atoms with E-state index in [1.165, 1.54) is 0 Å². The largest absolute Gasteiger partial charge is 0.480 e. The maximum Gasteiger partial charge on any atom is 0.326 e. The van der Waals surface area contributed by atoms with E-state index in [1.54, 1.807) is 13.8 Å². The average molecular weight is 389 g/mol. The second-order valence-electron chi connectivity index (χ2n) is 6.33. The van der Waals surface area contributed by atoms with Crippen LogP contribution >= 0.6 is 0 Å². The molecule has 9 N–H and O–H groups in total. The fourth-order valence-electron chi connectivity index (χ4n) is 2.00. The van der Waals surface area contributed by atoms with Gasteiger partial charge in [0.05, 0.1) is 19.6 Å². The molecule has 0 bridgehead atoms. The summed E-state index contributed by atoms with van der Waals surface area (Å²) < 4.78 is 0. The fraction of sp³-hybridized carbons (Fsp3) is 0.667. The predicted molar refractivity (Wildman–Crippen MR) is 92.8 cm³/mol. The summed E-state index contributed by atoms with van der Waals surface area (Å²) in [4.78, 5) is 57.7. The van der Waals surface area contributed by atoms with Crippen LogP contribution in [-0.2, 0) is 24.0 Å². The summed E-state index contributed by atoms with van der Waals surface area (Å²) >= 11 is 0. The Balaban J connectivity index is 4.92. The number of carbonyl (C=O) groups is 5. The van der Waals surface area contributed by atoms with Crippen molar-refractivity contribution < 1.29 is 34.2 Å². The molecule has 3 unspecified atom stereocenters. The van der Waals surface area contributed by atoms with E-state index in [9.17, 15) is 24.0 Å². The molecular weight excluding hydrogens is 362 g/mol. The highest BCUT2D eigenvalue weighted by molar-refractivity contribution is 5.93. The lowest BCUT2D eigenvalue weighted by atomic mass is 10.0.